The van der Waals surface area contributed by atoms with Crippen LogP contribution >= 0.6 is 11.8 Å². The maximum absolute atomic E-state index is 10.8. The number of aromatic amines is 1. The van der Waals surface area contributed by atoms with Gasteiger partial charge in [-0.05, 0) is 17.4 Å². The number of aliphatic hydroxyl groups excluding tert-OH is 2. The van der Waals surface area contributed by atoms with Gasteiger partial charge in [0.05, 0.1) is 6.04 Å². The summed E-state index contributed by atoms with van der Waals surface area (Å²) in [5, 5.41) is 29.1. The normalized spacial score (nSPS) is 20.0. The second-order valence-electron chi connectivity index (χ2n) is 5.90. The van der Waals surface area contributed by atoms with E-state index in [2.05, 4.69) is 15.2 Å². The number of nitrogens with one attached hydrogen (secondary N) is 1. The average Bonchev–Trinajstić information content (AvgIpc) is 3.26. The number of benzene rings is 2. The molecule has 0 aliphatic carbocycles. The summed E-state index contributed by atoms with van der Waals surface area (Å²) in [6, 6.07) is 18.9. The molecule has 132 valence electrons. The minimum Gasteiger partial charge on any atom is -0.507 e. The highest BCUT2D eigenvalue weighted by atomic mass is 32.2. The molecular formula is C19H18N4O2S. The predicted octanol–water partition coefficient (Wildman–Crippen LogP) is 3.38. The van der Waals surface area contributed by atoms with Gasteiger partial charge in [-0.15, -0.1) is 5.10 Å². The second-order valence-corrected chi connectivity index (χ2v) is 6.68. The summed E-state index contributed by atoms with van der Waals surface area (Å²) in [5.41, 5.74) is 2.45. The van der Waals surface area contributed by atoms with E-state index in [9.17, 15) is 10.2 Å². The molecule has 0 unspecified atom stereocenters. The molecule has 0 amide bonds. The third-order valence-corrected chi connectivity index (χ3v) is 4.96. The molecule has 6 nitrogen and oxygen atoms in total. The van der Waals surface area contributed by atoms with Crippen LogP contribution in [0.4, 0.5) is 5.95 Å². The smallest absolute Gasteiger partial charge is 0.225 e. The zero-order valence-corrected chi connectivity index (χ0v) is 14.9. The lowest BCUT2D eigenvalue weighted by molar-refractivity contribution is 0.156. The second kappa shape index (κ2) is 6.86. The average molecular weight is 366 g/mol. The van der Waals surface area contributed by atoms with Crippen molar-refractivity contribution in [3.63, 3.8) is 0 Å². The molecule has 3 aromatic rings. The Balaban J connectivity index is 1.87. The summed E-state index contributed by atoms with van der Waals surface area (Å²) in [6.45, 7) is 0. The van der Waals surface area contributed by atoms with Gasteiger partial charge in [-0.25, -0.2) is 5.10 Å². The van der Waals surface area contributed by atoms with E-state index < -0.39 is 12.3 Å². The molecule has 2 heterocycles. The van der Waals surface area contributed by atoms with Gasteiger partial charge in [0.1, 0.15) is 5.76 Å². The van der Waals surface area contributed by atoms with Crippen molar-refractivity contribution in [1.29, 1.82) is 0 Å². The van der Waals surface area contributed by atoms with Crippen molar-refractivity contribution in [3.8, 4) is 0 Å². The Morgan fingerprint density at radius 1 is 1.04 bits per heavy atom. The molecule has 26 heavy (non-hydrogen) atoms. The molecule has 3 N–H and O–H groups in total. The summed E-state index contributed by atoms with van der Waals surface area (Å²) >= 11 is 1.41. The molecule has 7 heteroatoms. The fraction of sp³-hybridized carbons (Fsp3) is 0.158. The molecule has 0 fully saturated rings. The highest BCUT2D eigenvalue weighted by Crippen LogP contribution is 2.46. The minimum atomic E-state index is -1.21. The van der Waals surface area contributed by atoms with E-state index in [1.807, 2.05) is 66.9 Å². The molecule has 0 spiro atoms. The molecule has 0 radical (unpaired) electrons. The van der Waals surface area contributed by atoms with Crippen LogP contribution in [0.5, 0.6) is 0 Å². The number of aliphatic hydroxyl groups is 2. The SMILES string of the molecule is CSc1n[nH]c(N2[C@H](O)C(O)=C(c3ccccc3)[C@H]2c2ccccc2)n1. The van der Waals surface area contributed by atoms with Crippen molar-refractivity contribution in [2.75, 3.05) is 11.2 Å². The molecule has 1 aliphatic heterocycles. The molecule has 4 rings (SSSR count). The number of hydrogen-bond acceptors (Lipinski definition) is 6. The van der Waals surface area contributed by atoms with Crippen LogP contribution in [-0.4, -0.2) is 37.9 Å². The number of rotatable bonds is 4. The quantitative estimate of drug-likeness (QED) is 0.614. The summed E-state index contributed by atoms with van der Waals surface area (Å²) in [5.74, 6) is 0.334. The van der Waals surface area contributed by atoms with Gasteiger partial charge < -0.3 is 10.2 Å². The maximum atomic E-state index is 10.8. The first kappa shape index (κ1) is 16.7. The van der Waals surface area contributed by atoms with Crippen LogP contribution in [-0.2, 0) is 0 Å². The number of thioether (sulfide) groups is 1. The van der Waals surface area contributed by atoms with Gasteiger partial charge in [-0.1, -0.05) is 72.4 Å². The van der Waals surface area contributed by atoms with Gasteiger partial charge in [0.2, 0.25) is 11.1 Å². The van der Waals surface area contributed by atoms with E-state index >= 15 is 0 Å². The lowest BCUT2D eigenvalue weighted by atomic mass is 9.94. The number of hydrogen-bond donors (Lipinski definition) is 3. The molecule has 1 aliphatic rings. The highest BCUT2D eigenvalue weighted by molar-refractivity contribution is 7.98. The van der Waals surface area contributed by atoms with Crippen molar-refractivity contribution in [2.45, 2.75) is 17.4 Å². The summed E-state index contributed by atoms with van der Waals surface area (Å²) in [4.78, 5) is 6.08. The lowest BCUT2D eigenvalue weighted by Gasteiger charge is -2.28. The van der Waals surface area contributed by atoms with E-state index in [0.717, 1.165) is 11.1 Å². The molecule has 0 saturated heterocycles. The lowest BCUT2D eigenvalue weighted by Crippen LogP contribution is -2.35. The fourth-order valence-electron chi connectivity index (χ4n) is 3.26. The first-order chi connectivity index (χ1) is 12.7. The van der Waals surface area contributed by atoms with E-state index in [4.69, 9.17) is 0 Å². The molecule has 2 aromatic carbocycles. The van der Waals surface area contributed by atoms with Gasteiger partial charge in [0.25, 0.3) is 0 Å². The van der Waals surface area contributed by atoms with Crippen molar-refractivity contribution < 1.29 is 10.2 Å². The Morgan fingerprint density at radius 2 is 1.69 bits per heavy atom. The zero-order chi connectivity index (χ0) is 18.1. The number of nitrogens with zero attached hydrogens (tertiary/aromatic N) is 3. The monoisotopic (exact) mass is 366 g/mol. The van der Waals surface area contributed by atoms with Crippen molar-refractivity contribution in [3.05, 3.63) is 77.5 Å². The molecule has 0 bridgehead atoms. The fourth-order valence-corrected chi connectivity index (χ4v) is 3.58. The first-order valence-corrected chi connectivity index (χ1v) is 9.39. The van der Waals surface area contributed by atoms with E-state index in [1.165, 1.54) is 11.8 Å². The third-order valence-electron chi connectivity index (χ3n) is 4.42. The first-order valence-electron chi connectivity index (χ1n) is 8.17. The van der Waals surface area contributed by atoms with Gasteiger partial charge in [-0.2, -0.15) is 4.98 Å². The molecular weight excluding hydrogens is 348 g/mol. The van der Waals surface area contributed by atoms with Gasteiger partial charge in [-0.3, -0.25) is 4.90 Å². The van der Waals surface area contributed by atoms with Crippen LogP contribution in [0.2, 0.25) is 0 Å². The topological polar surface area (TPSA) is 85.3 Å². The van der Waals surface area contributed by atoms with Crippen LogP contribution < -0.4 is 4.90 Å². The summed E-state index contributed by atoms with van der Waals surface area (Å²) < 4.78 is 0. The molecule has 1 aromatic heterocycles. The van der Waals surface area contributed by atoms with Crippen LogP contribution in [0.1, 0.15) is 17.2 Å². The Labute approximate surface area is 155 Å². The Bertz CT molecular complexity index is 927. The number of aromatic nitrogens is 3. The Kier molecular flexibility index (Phi) is 4.40. The van der Waals surface area contributed by atoms with Crippen LogP contribution in [0.25, 0.3) is 5.57 Å². The van der Waals surface area contributed by atoms with E-state index in [-0.39, 0.29) is 5.76 Å². The predicted molar refractivity (Wildman–Crippen MR) is 102 cm³/mol. The minimum absolute atomic E-state index is 0.0767. The van der Waals surface area contributed by atoms with Crippen molar-refractivity contribution >= 4 is 23.3 Å². The Morgan fingerprint density at radius 3 is 2.31 bits per heavy atom. The van der Waals surface area contributed by atoms with Gasteiger partial charge >= 0.3 is 0 Å². The van der Waals surface area contributed by atoms with E-state index in [1.54, 1.807) is 4.90 Å². The highest BCUT2D eigenvalue weighted by Gasteiger charge is 2.43. The zero-order valence-electron chi connectivity index (χ0n) is 14.1. The molecule has 2 atom stereocenters. The van der Waals surface area contributed by atoms with Crippen LogP contribution in [0.3, 0.4) is 0 Å². The largest absolute Gasteiger partial charge is 0.507 e. The standard InChI is InChI=1S/C19H18N4O2S/c1-26-19-20-18(21-22-19)23-15(13-10-6-3-7-11-13)14(16(24)17(23)25)12-8-4-2-5-9-12/h2-11,15,17,24-25H,1H3,(H,20,21,22)/t15-,17-/m1/s1. The van der Waals surface area contributed by atoms with Crippen molar-refractivity contribution in [1.82, 2.24) is 15.2 Å². The molecule has 0 saturated carbocycles. The van der Waals surface area contributed by atoms with E-state index in [0.29, 0.717) is 16.7 Å². The van der Waals surface area contributed by atoms with Crippen molar-refractivity contribution in [2.24, 2.45) is 0 Å². The van der Waals surface area contributed by atoms with Gasteiger partial charge in [0, 0.05) is 5.57 Å². The summed E-state index contributed by atoms with van der Waals surface area (Å²) in [6.07, 6.45) is 0.672. The Hall–Kier alpha value is -2.77. The van der Waals surface area contributed by atoms with Crippen LogP contribution in [0, 0.1) is 0 Å². The third kappa shape index (κ3) is 2.75. The van der Waals surface area contributed by atoms with Gasteiger partial charge in [0.15, 0.2) is 6.23 Å². The van der Waals surface area contributed by atoms with Crippen LogP contribution in [0.15, 0.2) is 71.6 Å². The maximum Gasteiger partial charge on any atom is 0.225 e. The number of anilines is 1. The number of H-pyrrole nitrogens is 1. The summed E-state index contributed by atoms with van der Waals surface area (Å²) in [7, 11) is 0.